The smallest absolute Gasteiger partial charge is 0.289 e. The molecule has 0 aliphatic rings. The minimum Gasteiger partial charge on any atom is -0.384 e. The molecule has 13 heavy (non-hydrogen) atoms. The van der Waals surface area contributed by atoms with Crippen LogP contribution in [-0.2, 0) is 0 Å². The first-order valence-corrected chi connectivity index (χ1v) is 3.52. The van der Waals surface area contributed by atoms with Gasteiger partial charge in [0, 0.05) is 13.1 Å². The van der Waals surface area contributed by atoms with E-state index in [4.69, 9.17) is 6.57 Å². The van der Waals surface area contributed by atoms with Crippen LogP contribution in [0.25, 0.3) is 4.85 Å². The summed E-state index contributed by atoms with van der Waals surface area (Å²) in [5, 5.41) is 13.1. The average Bonchev–Trinajstić information content (AvgIpc) is 2.16. The van der Waals surface area contributed by atoms with E-state index in [2.05, 4.69) is 10.2 Å². The highest BCUT2D eigenvalue weighted by Gasteiger charge is 2.11. The van der Waals surface area contributed by atoms with Crippen molar-refractivity contribution in [1.82, 2.24) is 0 Å². The Morgan fingerprint density at radius 2 is 2.31 bits per heavy atom. The monoisotopic (exact) mass is 177 g/mol. The third kappa shape index (κ3) is 1.73. The third-order valence-corrected chi connectivity index (χ3v) is 1.58. The summed E-state index contributed by atoms with van der Waals surface area (Å²) in [5.74, 6) is 0. The number of hydrogen-bond acceptors (Lipinski definition) is 3. The topological polar surface area (TPSA) is 59.5 Å². The van der Waals surface area contributed by atoms with Gasteiger partial charge in [-0.3, -0.25) is 10.1 Å². The standard InChI is InChI=1S/C8H7N3O2/c1-9-6-3-4-8(11(12)13)7(5-6)10-2/h3-5,10H,2H3. The molecule has 0 aliphatic carbocycles. The van der Waals surface area contributed by atoms with Crippen molar-refractivity contribution < 1.29 is 4.92 Å². The number of benzene rings is 1. The number of nitro groups is 1. The van der Waals surface area contributed by atoms with Crippen LogP contribution < -0.4 is 5.32 Å². The Morgan fingerprint density at radius 1 is 1.62 bits per heavy atom. The van der Waals surface area contributed by atoms with E-state index >= 15 is 0 Å². The lowest BCUT2D eigenvalue weighted by atomic mass is 10.2. The van der Waals surface area contributed by atoms with E-state index in [1.54, 1.807) is 7.05 Å². The quantitative estimate of drug-likeness (QED) is 0.428. The molecule has 5 nitrogen and oxygen atoms in total. The summed E-state index contributed by atoms with van der Waals surface area (Å²) in [6.45, 7) is 6.72. The maximum absolute atomic E-state index is 10.5. The highest BCUT2D eigenvalue weighted by molar-refractivity contribution is 5.68. The first kappa shape index (κ1) is 9.00. The maximum Gasteiger partial charge on any atom is 0.289 e. The normalized spacial score (nSPS) is 8.92. The molecule has 0 amide bonds. The zero-order valence-corrected chi connectivity index (χ0v) is 6.94. The summed E-state index contributed by atoms with van der Waals surface area (Å²) < 4.78 is 0. The molecule has 0 fully saturated rings. The van der Waals surface area contributed by atoms with Crippen molar-refractivity contribution in [2.24, 2.45) is 0 Å². The Morgan fingerprint density at radius 3 is 2.77 bits per heavy atom. The molecule has 0 saturated heterocycles. The van der Waals surface area contributed by atoms with Crippen molar-refractivity contribution in [3.63, 3.8) is 0 Å². The Kier molecular flexibility index (Phi) is 2.45. The predicted octanol–water partition coefficient (Wildman–Crippen LogP) is 2.19. The highest BCUT2D eigenvalue weighted by Crippen LogP contribution is 2.28. The Balaban J connectivity index is 3.25. The van der Waals surface area contributed by atoms with Crippen LogP contribution in [0.1, 0.15) is 0 Å². The molecule has 0 aliphatic heterocycles. The Hall–Kier alpha value is -2.09. The molecule has 0 saturated carbocycles. The van der Waals surface area contributed by atoms with Gasteiger partial charge in [-0.1, -0.05) is 0 Å². The Bertz CT molecular complexity index is 381. The first-order valence-electron chi connectivity index (χ1n) is 3.52. The summed E-state index contributed by atoms with van der Waals surface area (Å²) in [6.07, 6.45) is 0. The van der Waals surface area contributed by atoms with E-state index in [0.717, 1.165) is 0 Å². The van der Waals surface area contributed by atoms with Gasteiger partial charge in [0.1, 0.15) is 5.69 Å². The van der Waals surface area contributed by atoms with Crippen molar-refractivity contribution in [2.45, 2.75) is 0 Å². The molecule has 1 aromatic carbocycles. The van der Waals surface area contributed by atoms with Crippen LogP contribution in [0.5, 0.6) is 0 Å². The van der Waals surface area contributed by atoms with Gasteiger partial charge in [0.05, 0.1) is 11.5 Å². The van der Waals surface area contributed by atoms with Crippen molar-refractivity contribution in [2.75, 3.05) is 12.4 Å². The fourth-order valence-corrected chi connectivity index (χ4v) is 0.953. The van der Waals surface area contributed by atoms with E-state index < -0.39 is 4.92 Å². The molecule has 0 radical (unpaired) electrons. The number of anilines is 1. The van der Waals surface area contributed by atoms with Crippen LogP contribution in [0, 0.1) is 16.7 Å². The summed E-state index contributed by atoms with van der Waals surface area (Å²) in [7, 11) is 1.58. The van der Waals surface area contributed by atoms with E-state index in [-0.39, 0.29) is 5.69 Å². The lowest BCUT2D eigenvalue weighted by Crippen LogP contribution is -1.95. The molecule has 1 N–H and O–H groups in total. The average molecular weight is 177 g/mol. The number of hydrogen-bond donors (Lipinski definition) is 1. The van der Waals surface area contributed by atoms with Crippen molar-refractivity contribution in [3.05, 3.63) is 39.7 Å². The van der Waals surface area contributed by atoms with Gasteiger partial charge >= 0.3 is 0 Å². The lowest BCUT2D eigenvalue weighted by molar-refractivity contribution is -0.383. The number of nitro benzene ring substituents is 1. The van der Waals surface area contributed by atoms with Crippen molar-refractivity contribution in [1.29, 1.82) is 0 Å². The zero-order valence-electron chi connectivity index (χ0n) is 6.94. The zero-order chi connectivity index (χ0) is 9.84. The van der Waals surface area contributed by atoms with Crippen LogP contribution in [0.15, 0.2) is 18.2 Å². The van der Waals surface area contributed by atoms with Gasteiger partial charge in [-0.15, -0.1) is 0 Å². The molecule has 0 spiro atoms. The molecule has 0 heterocycles. The summed E-state index contributed by atoms with van der Waals surface area (Å²) in [5.41, 5.74) is 0.725. The number of rotatable bonds is 2. The molecule has 5 heteroatoms. The molecule has 0 unspecified atom stereocenters. The lowest BCUT2D eigenvalue weighted by Gasteiger charge is -2.01. The summed E-state index contributed by atoms with van der Waals surface area (Å²) in [6, 6.07) is 4.19. The van der Waals surface area contributed by atoms with Gasteiger partial charge in [0.25, 0.3) is 5.69 Å². The molecular weight excluding hydrogens is 170 g/mol. The maximum atomic E-state index is 10.5. The van der Waals surface area contributed by atoms with Crippen LogP contribution in [0.3, 0.4) is 0 Å². The van der Waals surface area contributed by atoms with E-state index in [0.29, 0.717) is 11.4 Å². The summed E-state index contributed by atoms with van der Waals surface area (Å²) >= 11 is 0. The minimum absolute atomic E-state index is 0.0186. The van der Waals surface area contributed by atoms with E-state index in [1.807, 2.05) is 0 Å². The fourth-order valence-electron chi connectivity index (χ4n) is 0.953. The second-order valence-electron chi connectivity index (χ2n) is 2.32. The van der Waals surface area contributed by atoms with Gasteiger partial charge in [-0.2, -0.15) is 0 Å². The third-order valence-electron chi connectivity index (χ3n) is 1.58. The van der Waals surface area contributed by atoms with Gasteiger partial charge in [0.2, 0.25) is 0 Å². The molecule has 0 atom stereocenters. The highest BCUT2D eigenvalue weighted by atomic mass is 16.6. The molecule has 0 aromatic heterocycles. The van der Waals surface area contributed by atoms with Crippen molar-refractivity contribution in [3.8, 4) is 0 Å². The van der Waals surface area contributed by atoms with E-state index in [9.17, 15) is 10.1 Å². The summed E-state index contributed by atoms with van der Waals surface area (Å²) in [4.78, 5) is 13.1. The fraction of sp³-hybridized carbons (Fsp3) is 0.125. The molecule has 0 bridgehead atoms. The van der Waals surface area contributed by atoms with Crippen LogP contribution in [0.4, 0.5) is 17.1 Å². The second kappa shape index (κ2) is 3.54. The van der Waals surface area contributed by atoms with E-state index in [1.165, 1.54) is 18.2 Å². The molecule has 1 rings (SSSR count). The number of nitrogens with one attached hydrogen (secondary N) is 1. The van der Waals surface area contributed by atoms with Crippen LogP contribution in [0.2, 0.25) is 0 Å². The number of nitrogens with zero attached hydrogens (tertiary/aromatic N) is 2. The van der Waals surface area contributed by atoms with Gasteiger partial charge in [-0.05, 0) is 12.1 Å². The van der Waals surface area contributed by atoms with Gasteiger partial charge in [0.15, 0.2) is 5.69 Å². The largest absolute Gasteiger partial charge is 0.384 e. The Labute approximate surface area is 75.0 Å². The molecule has 1 aromatic rings. The first-order chi connectivity index (χ1) is 6.19. The predicted molar refractivity (Wildman–Crippen MR) is 48.9 cm³/mol. The SMILES string of the molecule is [C-]#[N+]c1ccc([N+](=O)[O-])c(NC)c1. The minimum atomic E-state index is -0.487. The van der Waals surface area contributed by atoms with Gasteiger partial charge < -0.3 is 5.32 Å². The van der Waals surface area contributed by atoms with Crippen LogP contribution >= 0.6 is 0 Å². The molecular formula is C8H7N3O2. The van der Waals surface area contributed by atoms with Crippen molar-refractivity contribution >= 4 is 17.1 Å². The molecule has 66 valence electrons. The van der Waals surface area contributed by atoms with Gasteiger partial charge in [-0.25, -0.2) is 4.85 Å². The van der Waals surface area contributed by atoms with Crippen LogP contribution in [-0.4, -0.2) is 12.0 Å². The second-order valence-corrected chi connectivity index (χ2v) is 2.32.